The van der Waals surface area contributed by atoms with Gasteiger partial charge < -0.3 is 0 Å². The van der Waals surface area contributed by atoms with E-state index in [2.05, 4.69) is 11.9 Å². The summed E-state index contributed by atoms with van der Waals surface area (Å²) in [5.41, 5.74) is 1.76. The Morgan fingerprint density at radius 3 is 2.89 bits per heavy atom. The van der Waals surface area contributed by atoms with Crippen molar-refractivity contribution >= 4 is 16.7 Å². The van der Waals surface area contributed by atoms with Gasteiger partial charge in [0, 0.05) is 23.6 Å². The number of rotatable bonds is 6. The number of fused-ring (bicyclic) bond motifs is 1. The van der Waals surface area contributed by atoms with Crippen molar-refractivity contribution in [1.29, 1.82) is 0 Å². The molecule has 0 amide bonds. The fourth-order valence-electron chi connectivity index (χ4n) is 2.11. The summed E-state index contributed by atoms with van der Waals surface area (Å²) in [5.74, 6) is 0.247. The normalized spacial score (nSPS) is 10.7. The molecule has 0 aliphatic carbocycles. The Labute approximate surface area is 108 Å². The Morgan fingerprint density at radius 1 is 1.17 bits per heavy atom. The lowest BCUT2D eigenvalue weighted by Crippen LogP contribution is -1.99. The van der Waals surface area contributed by atoms with Gasteiger partial charge >= 0.3 is 0 Å². The molecule has 1 heterocycles. The first kappa shape index (κ1) is 12.7. The molecule has 1 aromatic heterocycles. The van der Waals surface area contributed by atoms with Gasteiger partial charge in [0.1, 0.15) is 0 Å². The van der Waals surface area contributed by atoms with Gasteiger partial charge in [-0.3, -0.25) is 9.78 Å². The number of unbranched alkanes of at least 4 members (excludes halogenated alkanes) is 3. The Kier molecular flexibility index (Phi) is 4.46. The van der Waals surface area contributed by atoms with Crippen molar-refractivity contribution in [1.82, 2.24) is 4.98 Å². The van der Waals surface area contributed by atoms with Crippen LogP contribution >= 0.6 is 0 Å². The summed E-state index contributed by atoms with van der Waals surface area (Å²) in [7, 11) is 0. The molecule has 1 aromatic carbocycles. The van der Waals surface area contributed by atoms with Gasteiger partial charge in [-0.1, -0.05) is 32.3 Å². The van der Waals surface area contributed by atoms with Gasteiger partial charge in [0.2, 0.25) is 0 Å². The molecule has 2 rings (SSSR count). The molecule has 0 saturated carbocycles. The lowest BCUT2D eigenvalue weighted by Gasteiger charge is -2.03. The molecule has 0 aliphatic rings. The third kappa shape index (κ3) is 3.16. The van der Waals surface area contributed by atoms with Crippen LogP contribution in [0.4, 0.5) is 0 Å². The van der Waals surface area contributed by atoms with Crippen LogP contribution in [0.2, 0.25) is 0 Å². The van der Waals surface area contributed by atoms with E-state index in [9.17, 15) is 4.79 Å². The van der Waals surface area contributed by atoms with Gasteiger partial charge in [-0.2, -0.15) is 0 Å². The summed E-state index contributed by atoms with van der Waals surface area (Å²) >= 11 is 0. The average Bonchev–Trinajstić information content (AvgIpc) is 2.43. The second-order valence-corrected chi connectivity index (χ2v) is 4.64. The summed E-state index contributed by atoms with van der Waals surface area (Å²) in [6.45, 7) is 2.18. The standard InChI is InChI=1S/C16H19NO/c1-2-3-4-5-8-16(18)14-9-10-15-13(12-14)7-6-11-17-15/h6-7,9-12H,2-5,8H2,1H3. The van der Waals surface area contributed by atoms with Crippen LogP contribution in [0.1, 0.15) is 49.4 Å². The molecule has 18 heavy (non-hydrogen) atoms. The Hall–Kier alpha value is -1.70. The SMILES string of the molecule is CCCCCCC(=O)c1ccc2ncccc2c1. The Balaban J connectivity index is 2.04. The van der Waals surface area contributed by atoms with Crippen molar-refractivity contribution in [3.05, 3.63) is 42.1 Å². The molecule has 2 nitrogen and oxygen atoms in total. The van der Waals surface area contributed by atoms with Crippen LogP contribution in [0.3, 0.4) is 0 Å². The van der Waals surface area contributed by atoms with E-state index < -0.39 is 0 Å². The number of carbonyl (C=O) groups excluding carboxylic acids is 1. The highest BCUT2D eigenvalue weighted by Crippen LogP contribution is 2.16. The Bertz CT molecular complexity index is 533. The molecule has 0 atom stereocenters. The van der Waals surface area contributed by atoms with Crippen molar-refractivity contribution in [3.8, 4) is 0 Å². The minimum atomic E-state index is 0.247. The van der Waals surface area contributed by atoms with Gasteiger partial charge in [0.05, 0.1) is 5.52 Å². The lowest BCUT2D eigenvalue weighted by molar-refractivity contribution is 0.0979. The zero-order valence-electron chi connectivity index (χ0n) is 10.9. The third-order valence-corrected chi connectivity index (χ3v) is 3.18. The molecule has 0 N–H and O–H groups in total. The number of aromatic nitrogens is 1. The van der Waals surface area contributed by atoms with Gasteiger partial charge in [-0.15, -0.1) is 0 Å². The highest BCUT2D eigenvalue weighted by molar-refractivity contribution is 5.99. The van der Waals surface area contributed by atoms with E-state index in [-0.39, 0.29) is 5.78 Å². The second kappa shape index (κ2) is 6.29. The van der Waals surface area contributed by atoms with Crippen molar-refractivity contribution in [2.45, 2.75) is 39.0 Å². The largest absolute Gasteiger partial charge is 0.294 e. The summed E-state index contributed by atoms with van der Waals surface area (Å²) in [4.78, 5) is 16.3. The maximum atomic E-state index is 12.0. The molecular formula is C16H19NO. The monoisotopic (exact) mass is 241 g/mol. The third-order valence-electron chi connectivity index (χ3n) is 3.18. The van der Waals surface area contributed by atoms with E-state index in [1.165, 1.54) is 12.8 Å². The number of benzene rings is 1. The van der Waals surface area contributed by atoms with E-state index >= 15 is 0 Å². The number of hydrogen-bond acceptors (Lipinski definition) is 2. The number of hydrogen-bond donors (Lipinski definition) is 0. The molecule has 0 radical (unpaired) electrons. The van der Waals surface area contributed by atoms with Crippen molar-refractivity contribution in [2.75, 3.05) is 0 Å². The van der Waals surface area contributed by atoms with Crippen LogP contribution in [0.15, 0.2) is 36.5 Å². The van der Waals surface area contributed by atoms with Crippen molar-refractivity contribution < 1.29 is 4.79 Å². The first-order valence-corrected chi connectivity index (χ1v) is 6.69. The molecule has 0 spiro atoms. The smallest absolute Gasteiger partial charge is 0.162 e. The maximum absolute atomic E-state index is 12.0. The van der Waals surface area contributed by atoms with Crippen LogP contribution in [-0.4, -0.2) is 10.8 Å². The molecule has 0 unspecified atom stereocenters. The molecule has 0 fully saturated rings. The molecule has 0 aliphatic heterocycles. The summed E-state index contributed by atoms with van der Waals surface area (Å²) < 4.78 is 0. The first-order valence-electron chi connectivity index (χ1n) is 6.69. The highest BCUT2D eigenvalue weighted by Gasteiger charge is 2.06. The molecule has 0 bridgehead atoms. The zero-order chi connectivity index (χ0) is 12.8. The average molecular weight is 241 g/mol. The second-order valence-electron chi connectivity index (χ2n) is 4.64. The topological polar surface area (TPSA) is 30.0 Å². The van der Waals surface area contributed by atoms with Crippen molar-refractivity contribution in [3.63, 3.8) is 0 Å². The van der Waals surface area contributed by atoms with Crippen LogP contribution in [0, 0.1) is 0 Å². The molecule has 94 valence electrons. The number of ketones is 1. The van der Waals surface area contributed by atoms with E-state index in [1.54, 1.807) is 6.20 Å². The fraction of sp³-hybridized carbons (Fsp3) is 0.375. The van der Waals surface area contributed by atoms with E-state index in [0.717, 1.165) is 29.3 Å². The van der Waals surface area contributed by atoms with Crippen LogP contribution in [-0.2, 0) is 0 Å². The van der Waals surface area contributed by atoms with Gasteiger partial charge in [0.25, 0.3) is 0 Å². The maximum Gasteiger partial charge on any atom is 0.162 e. The predicted molar refractivity (Wildman–Crippen MR) is 74.8 cm³/mol. The number of nitrogens with zero attached hydrogens (tertiary/aromatic N) is 1. The first-order chi connectivity index (χ1) is 8.81. The summed E-state index contributed by atoms with van der Waals surface area (Å²) in [5, 5.41) is 1.04. The quantitative estimate of drug-likeness (QED) is 0.554. The molecular weight excluding hydrogens is 222 g/mol. The van der Waals surface area contributed by atoms with Crippen molar-refractivity contribution in [2.24, 2.45) is 0 Å². The van der Waals surface area contributed by atoms with Crippen LogP contribution in [0.5, 0.6) is 0 Å². The lowest BCUT2D eigenvalue weighted by atomic mass is 10.0. The molecule has 2 aromatic rings. The van der Waals surface area contributed by atoms with Crippen LogP contribution < -0.4 is 0 Å². The minimum absolute atomic E-state index is 0.247. The van der Waals surface area contributed by atoms with Gasteiger partial charge in [-0.05, 0) is 30.7 Å². The predicted octanol–water partition coefficient (Wildman–Crippen LogP) is 4.39. The Morgan fingerprint density at radius 2 is 2.06 bits per heavy atom. The molecule has 2 heteroatoms. The number of carbonyl (C=O) groups is 1. The van der Waals surface area contributed by atoms with Crippen LogP contribution in [0.25, 0.3) is 10.9 Å². The molecule has 0 saturated heterocycles. The van der Waals surface area contributed by atoms with E-state index in [1.807, 2.05) is 30.3 Å². The summed E-state index contributed by atoms with van der Waals surface area (Å²) in [6, 6.07) is 9.66. The summed E-state index contributed by atoms with van der Waals surface area (Å²) in [6.07, 6.45) is 7.00. The van der Waals surface area contributed by atoms with E-state index in [0.29, 0.717) is 6.42 Å². The van der Waals surface area contributed by atoms with Gasteiger partial charge in [0.15, 0.2) is 5.78 Å². The number of pyridine rings is 1. The number of Topliss-reactive ketones (excluding diaryl/α,β-unsaturated/α-hetero) is 1. The zero-order valence-corrected chi connectivity index (χ0v) is 10.9. The van der Waals surface area contributed by atoms with E-state index in [4.69, 9.17) is 0 Å². The fourth-order valence-corrected chi connectivity index (χ4v) is 2.11. The highest BCUT2D eigenvalue weighted by atomic mass is 16.1. The minimum Gasteiger partial charge on any atom is -0.294 e. The van der Waals surface area contributed by atoms with Gasteiger partial charge in [-0.25, -0.2) is 0 Å².